The van der Waals surface area contributed by atoms with E-state index < -0.39 is 0 Å². The molecule has 0 atom stereocenters. The van der Waals surface area contributed by atoms with Gasteiger partial charge in [0, 0.05) is 31.7 Å². The van der Waals surface area contributed by atoms with Gasteiger partial charge < -0.3 is 4.90 Å². The minimum absolute atomic E-state index is 0.971. The molecule has 1 aromatic carbocycles. The lowest BCUT2D eigenvalue weighted by Crippen LogP contribution is -2.07. The minimum atomic E-state index is 0.971. The van der Waals surface area contributed by atoms with Crippen LogP contribution in [0.4, 0.5) is 5.69 Å². The summed E-state index contributed by atoms with van der Waals surface area (Å²) in [6.45, 7) is 2.12. The molecule has 19 heavy (non-hydrogen) atoms. The summed E-state index contributed by atoms with van der Waals surface area (Å²) in [7, 11) is 4.10. The molecule has 0 spiro atoms. The summed E-state index contributed by atoms with van der Waals surface area (Å²) in [5.41, 5.74) is 4.75. The lowest BCUT2D eigenvalue weighted by Gasteiger charge is -2.11. The van der Waals surface area contributed by atoms with Crippen LogP contribution in [-0.4, -0.2) is 19.1 Å². The third kappa shape index (κ3) is 3.68. The molecule has 2 nitrogen and oxygen atoms in total. The van der Waals surface area contributed by atoms with Crippen molar-refractivity contribution in [2.24, 2.45) is 0 Å². The van der Waals surface area contributed by atoms with Crippen molar-refractivity contribution in [3.63, 3.8) is 0 Å². The average Bonchev–Trinajstić information content (AvgIpc) is 2.46. The van der Waals surface area contributed by atoms with Crippen LogP contribution in [0.2, 0.25) is 0 Å². The molecule has 0 N–H and O–H groups in total. The standard InChI is InChI=1S/C17H20N2/c1-4-16-13-15(11-12-18-16)6-5-14-7-9-17(10-8-14)19(2)3/h5-13H,4H2,1-3H3/b6-5+. The zero-order chi connectivity index (χ0) is 13.7. The van der Waals surface area contributed by atoms with Gasteiger partial charge in [0.15, 0.2) is 0 Å². The molecule has 0 radical (unpaired) electrons. The summed E-state index contributed by atoms with van der Waals surface area (Å²) in [6.07, 6.45) is 7.10. The third-order valence-electron chi connectivity index (χ3n) is 3.08. The monoisotopic (exact) mass is 252 g/mol. The molecule has 1 aromatic heterocycles. The maximum Gasteiger partial charge on any atom is 0.0406 e. The fraction of sp³-hybridized carbons (Fsp3) is 0.235. The first-order valence-corrected chi connectivity index (χ1v) is 6.59. The SMILES string of the molecule is CCc1cc(/C=C/c2ccc(N(C)C)cc2)ccn1. The van der Waals surface area contributed by atoms with Crippen molar-refractivity contribution in [2.75, 3.05) is 19.0 Å². The first-order valence-electron chi connectivity index (χ1n) is 6.59. The number of nitrogens with zero attached hydrogens (tertiary/aromatic N) is 2. The van der Waals surface area contributed by atoms with Crippen molar-refractivity contribution in [3.8, 4) is 0 Å². The van der Waals surface area contributed by atoms with Gasteiger partial charge in [-0.2, -0.15) is 0 Å². The van der Waals surface area contributed by atoms with Crippen LogP contribution in [0.25, 0.3) is 12.2 Å². The Hall–Kier alpha value is -2.09. The van der Waals surface area contributed by atoms with Gasteiger partial charge in [-0.05, 0) is 41.8 Å². The van der Waals surface area contributed by atoms with Crippen molar-refractivity contribution in [1.82, 2.24) is 4.98 Å². The van der Waals surface area contributed by atoms with Crippen molar-refractivity contribution < 1.29 is 0 Å². The molecule has 98 valence electrons. The topological polar surface area (TPSA) is 16.1 Å². The molecule has 0 bridgehead atoms. The van der Waals surface area contributed by atoms with E-state index in [-0.39, 0.29) is 0 Å². The smallest absolute Gasteiger partial charge is 0.0406 e. The molecule has 1 heterocycles. The molecule has 2 aromatic rings. The van der Waals surface area contributed by atoms with Crippen molar-refractivity contribution in [2.45, 2.75) is 13.3 Å². The summed E-state index contributed by atoms with van der Waals surface area (Å²) < 4.78 is 0. The van der Waals surface area contributed by atoms with Crippen LogP contribution < -0.4 is 4.90 Å². The van der Waals surface area contributed by atoms with E-state index in [9.17, 15) is 0 Å². The molecule has 2 heteroatoms. The number of benzene rings is 1. The Labute approximate surface area is 115 Å². The number of pyridine rings is 1. The molecule has 0 aliphatic rings. The van der Waals surface area contributed by atoms with E-state index >= 15 is 0 Å². The summed E-state index contributed by atoms with van der Waals surface area (Å²) in [5, 5.41) is 0. The van der Waals surface area contributed by atoms with Gasteiger partial charge in [0.05, 0.1) is 0 Å². The first-order chi connectivity index (χ1) is 9.19. The van der Waals surface area contributed by atoms with Crippen molar-refractivity contribution in [1.29, 1.82) is 0 Å². The van der Waals surface area contributed by atoms with E-state index in [1.807, 2.05) is 26.4 Å². The van der Waals surface area contributed by atoms with Crippen molar-refractivity contribution >= 4 is 17.8 Å². The van der Waals surface area contributed by atoms with Gasteiger partial charge in [0.25, 0.3) is 0 Å². The molecule has 0 saturated carbocycles. The Morgan fingerprint density at radius 2 is 1.68 bits per heavy atom. The number of aryl methyl sites for hydroxylation is 1. The maximum atomic E-state index is 4.30. The number of anilines is 1. The Morgan fingerprint density at radius 1 is 1.00 bits per heavy atom. The van der Waals surface area contributed by atoms with E-state index in [1.54, 1.807) is 0 Å². The molecular weight excluding hydrogens is 232 g/mol. The molecule has 0 fully saturated rings. The van der Waals surface area contributed by atoms with Gasteiger partial charge in [-0.1, -0.05) is 31.2 Å². The highest BCUT2D eigenvalue weighted by Gasteiger charge is 1.94. The summed E-state index contributed by atoms with van der Waals surface area (Å²) in [4.78, 5) is 6.41. The van der Waals surface area contributed by atoms with Crippen LogP contribution in [0.1, 0.15) is 23.7 Å². The molecular formula is C17H20N2. The van der Waals surface area contributed by atoms with Gasteiger partial charge in [0.2, 0.25) is 0 Å². The molecule has 0 amide bonds. The Morgan fingerprint density at radius 3 is 2.32 bits per heavy atom. The van der Waals surface area contributed by atoms with E-state index in [1.165, 1.54) is 16.8 Å². The van der Waals surface area contributed by atoms with Crippen LogP contribution in [-0.2, 0) is 6.42 Å². The summed E-state index contributed by atoms with van der Waals surface area (Å²) in [6, 6.07) is 12.7. The Kier molecular flexibility index (Phi) is 4.35. The largest absolute Gasteiger partial charge is 0.378 e. The number of aromatic nitrogens is 1. The highest BCUT2D eigenvalue weighted by molar-refractivity contribution is 5.70. The zero-order valence-electron chi connectivity index (χ0n) is 11.8. The molecule has 2 rings (SSSR count). The normalized spacial score (nSPS) is 10.9. The van der Waals surface area contributed by atoms with Crippen LogP contribution in [0, 0.1) is 0 Å². The summed E-state index contributed by atoms with van der Waals surface area (Å²) >= 11 is 0. The summed E-state index contributed by atoms with van der Waals surface area (Å²) in [5.74, 6) is 0. The minimum Gasteiger partial charge on any atom is -0.378 e. The van der Waals surface area contributed by atoms with Gasteiger partial charge in [0.1, 0.15) is 0 Å². The van der Waals surface area contributed by atoms with E-state index in [2.05, 4.69) is 59.3 Å². The Bertz CT molecular complexity index is 554. The van der Waals surface area contributed by atoms with Crippen LogP contribution >= 0.6 is 0 Å². The fourth-order valence-corrected chi connectivity index (χ4v) is 1.87. The second-order valence-corrected chi connectivity index (χ2v) is 4.75. The quantitative estimate of drug-likeness (QED) is 0.821. The predicted octanol–water partition coefficient (Wildman–Crippen LogP) is 3.88. The predicted molar refractivity (Wildman–Crippen MR) is 83.3 cm³/mol. The Balaban J connectivity index is 2.13. The average molecular weight is 252 g/mol. The van der Waals surface area contributed by atoms with Gasteiger partial charge in [-0.25, -0.2) is 0 Å². The highest BCUT2D eigenvalue weighted by Crippen LogP contribution is 2.14. The second-order valence-electron chi connectivity index (χ2n) is 4.75. The zero-order valence-corrected chi connectivity index (χ0v) is 11.8. The third-order valence-corrected chi connectivity index (χ3v) is 3.08. The molecule has 0 aliphatic carbocycles. The second kappa shape index (κ2) is 6.19. The molecule has 0 unspecified atom stereocenters. The van der Waals surface area contributed by atoms with E-state index in [0.717, 1.165) is 12.1 Å². The highest BCUT2D eigenvalue weighted by atomic mass is 15.1. The number of hydrogen-bond donors (Lipinski definition) is 0. The lowest BCUT2D eigenvalue weighted by atomic mass is 10.1. The van der Waals surface area contributed by atoms with Crippen LogP contribution in [0.15, 0.2) is 42.6 Å². The maximum absolute atomic E-state index is 4.30. The molecule has 0 aliphatic heterocycles. The first kappa shape index (κ1) is 13.3. The fourth-order valence-electron chi connectivity index (χ4n) is 1.87. The van der Waals surface area contributed by atoms with Gasteiger partial charge >= 0.3 is 0 Å². The van der Waals surface area contributed by atoms with Crippen LogP contribution in [0.3, 0.4) is 0 Å². The lowest BCUT2D eigenvalue weighted by molar-refractivity contribution is 1.03. The van der Waals surface area contributed by atoms with E-state index in [4.69, 9.17) is 0 Å². The number of rotatable bonds is 4. The van der Waals surface area contributed by atoms with Crippen LogP contribution in [0.5, 0.6) is 0 Å². The van der Waals surface area contributed by atoms with Gasteiger partial charge in [-0.15, -0.1) is 0 Å². The number of hydrogen-bond acceptors (Lipinski definition) is 2. The molecule has 0 saturated heterocycles. The van der Waals surface area contributed by atoms with E-state index in [0.29, 0.717) is 0 Å². The van der Waals surface area contributed by atoms with Gasteiger partial charge in [-0.3, -0.25) is 4.98 Å². The van der Waals surface area contributed by atoms with Crippen molar-refractivity contribution in [3.05, 3.63) is 59.4 Å².